The number of carbonyl (C=O) groups is 1. The lowest BCUT2D eigenvalue weighted by Crippen LogP contribution is -2.48. The fraction of sp³-hybridized carbons (Fsp3) is 0.212. The summed E-state index contributed by atoms with van der Waals surface area (Å²) in [5.74, 6) is 0.146. The van der Waals surface area contributed by atoms with Crippen molar-refractivity contribution in [1.29, 1.82) is 0 Å². The Hall–Kier alpha value is -4.70. The number of nitrogens with zero attached hydrogens (tertiary/aromatic N) is 4. The molecule has 1 fully saturated rings. The summed E-state index contributed by atoms with van der Waals surface area (Å²) in [5, 5.41) is 0. The van der Waals surface area contributed by atoms with E-state index in [9.17, 15) is 22.4 Å². The Morgan fingerprint density at radius 3 is 2.30 bits per heavy atom. The lowest BCUT2D eigenvalue weighted by Gasteiger charge is -2.34. The molecule has 10 heteroatoms. The van der Waals surface area contributed by atoms with Crippen molar-refractivity contribution in [2.45, 2.75) is 12.7 Å². The zero-order valence-electron chi connectivity index (χ0n) is 23.3. The molecule has 6 nitrogen and oxygen atoms in total. The molecule has 0 spiro atoms. The predicted octanol–water partition coefficient (Wildman–Crippen LogP) is 6.79. The summed E-state index contributed by atoms with van der Waals surface area (Å²) in [4.78, 5) is 21.8. The Kier molecular flexibility index (Phi) is 7.62. The number of ether oxygens (including phenoxy) is 1. The number of hydrogen-bond donors (Lipinski definition) is 0. The fourth-order valence-corrected chi connectivity index (χ4v) is 5.39. The van der Waals surface area contributed by atoms with Gasteiger partial charge in [0, 0.05) is 50.0 Å². The van der Waals surface area contributed by atoms with Crippen LogP contribution in [-0.4, -0.2) is 58.4 Å². The summed E-state index contributed by atoms with van der Waals surface area (Å²) in [6, 6.07) is 22.0. The smallest absolute Gasteiger partial charge is 0.416 e. The Morgan fingerprint density at radius 1 is 0.860 bits per heavy atom. The van der Waals surface area contributed by atoms with E-state index in [0.717, 1.165) is 29.1 Å². The minimum Gasteiger partial charge on any atom is -0.497 e. The molecule has 43 heavy (non-hydrogen) atoms. The van der Waals surface area contributed by atoms with Gasteiger partial charge in [-0.05, 0) is 71.8 Å². The van der Waals surface area contributed by atoms with Crippen LogP contribution in [0.2, 0.25) is 0 Å². The Morgan fingerprint density at radius 2 is 1.58 bits per heavy atom. The second-order valence-corrected chi connectivity index (χ2v) is 10.4. The van der Waals surface area contributed by atoms with Gasteiger partial charge in [0.05, 0.1) is 24.1 Å². The highest BCUT2D eigenvalue weighted by Gasteiger charge is 2.30. The van der Waals surface area contributed by atoms with Crippen LogP contribution in [-0.2, 0) is 12.7 Å². The zero-order chi connectivity index (χ0) is 30.1. The van der Waals surface area contributed by atoms with Gasteiger partial charge < -0.3 is 14.0 Å². The highest BCUT2D eigenvalue weighted by Crippen LogP contribution is 2.34. The zero-order valence-corrected chi connectivity index (χ0v) is 23.3. The molecule has 0 bridgehead atoms. The van der Waals surface area contributed by atoms with E-state index in [1.165, 1.54) is 30.3 Å². The summed E-state index contributed by atoms with van der Waals surface area (Å²) in [6.45, 7) is 2.70. The third-order valence-corrected chi connectivity index (χ3v) is 7.71. The van der Waals surface area contributed by atoms with Crippen LogP contribution in [0.4, 0.5) is 17.6 Å². The number of carbonyl (C=O) groups excluding carboxylic acids is 1. The van der Waals surface area contributed by atoms with Crippen molar-refractivity contribution in [1.82, 2.24) is 19.2 Å². The standard InChI is InChI=1S/C33H28F4N4O2/c1-43-28-7-3-5-24(19-28)31-29(21-39-14-16-40(17-15-39)32(42)22-8-11-27(34)12-9-22)41-20-25(10-13-30(41)38-31)23-4-2-6-26(18-23)33(35,36)37/h2-13,18-20H,14-17,21H2,1H3. The second-order valence-electron chi connectivity index (χ2n) is 10.4. The van der Waals surface area contributed by atoms with E-state index < -0.39 is 17.6 Å². The Labute approximate surface area is 245 Å². The molecule has 1 saturated heterocycles. The molecule has 0 saturated carbocycles. The molecule has 2 aromatic heterocycles. The molecule has 1 aliphatic heterocycles. The summed E-state index contributed by atoms with van der Waals surface area (Å²) < 4.78 is 61.0. The molecule has 0 aliphatic carbocycles. The van der Waals surface area contributed by atoms with Gasteiger partial charge in [0.15, 0.2) is 0 Å². The summed E-state index contributed by atoms with van der Waals surface area (Å²) in [6.07, 6.45) is -2.62. The lowest BCUT2D eigenvalue weighted by atomic mass is 10.0. The molecule has 3 aromatic carbocycles. The van der Waals surface area contributed by atoms with E-state index in [4.69, 9.17) is 9.72 Å². The van der Waals surface area contributed by atoms with Crippen molar-refractivity contribution in [2.75, 3.05) is 33.3 Å². The third kappa shape index (κ3) is 5.96. The van der Waals surface area contributed by atoms with Gasteiger partial charge >= 0.3 is 6.18 Å². The molecule has 0 unspecified atom stereocenters. The van der Waals surface area contributed by atoms with Crippen LogP contribution in [0.25, 0.3) is 28.0 Å². The van der Waals surface area contributed by atoms with E-state index in [-0.39, 0.29) is 5.91 Å². The molecule has 3 heterocycles. The number of methoxy groups -OCH3 is 1. The first-order valence-corrected chi connectivity index (χ1v) is 13.8. The van der Waals surface area contributed by atoms with Crippen LogP contribution in [0.3, 0.4) is 0 Å². The number of benzene rings is 3. The average Bonchev–Trinajstić information content (AvgIpc) is 3.38. The summed E-state index contributed by atoms with van der Waals surface area (Å²) in [5.41, 5.74) is 3.94. The first-order chi connectivity index (χ1) is 20.7. The highest BCUT2D eigenvalue weighted by atomic mass is 19.4. The molecule has 0 atom stereocenters. The number of piperazine rings is 1. The molecule has 220 valence electrons. The van der Waals surface area contributed by atoms with Crippen molar-refractivity contribution in [3.05, 3.63) is 114 Å². The van der Waals surface area contributed by atoms with Crippen LogP contribution in [0.5, 0.6) is 5.75 Å². The van der Waals surface area contributed by atoms with E-state index in [1.807, 2.05) is 40.9 Å². The molecule has 6 rings (SSSR count). The predicted molar refractivity (Wildman–Crippen MR) is 155 cm³/mol. The summed E-state index contributed by atoms with van der Waals surface area (Å²) in [7, 11) is 1.59. The monoisotopic (exact) mass is 588 g/mol. The number of fused-ring (bicyclic) bond motifs is 1. The van der Waals surface area contributed by atoms with Crippen molar-refractivity contribution in [3.8, 4) is 28.1 Å². The van der Waals surface area contributed by atoms with Gasteiger partial charge in [0.1, 0.15) is 17.2 Å². The van der Waals surface area contributed by atoms with Crippen molar-refractivity contribution >= 4 is 11.6 Å². The van der Waals surface area contributed by atoms with Gasteiger partial charge in [-0.1, -0.05) is 24.3 Å². The van der Waals surface area contributed by atoms with Gasteiger partial charge in [0.2, 0.25) is 0 Å². The maximum absolute atomic E-state index is 13.4. The summed E-state index contributed by atoms with van der Waals surface area (Å²) >= 11 is 0. The molecule has 1 aliphatic rings. The number of alkyl halides is 3. The molecule has 0 N–H and O–H groups in total. The van der Waals surface area contributed by atoms with Crippen LogP contribution in [0, 0.1) is 5.82 Å². The van der Waals surface area contributed by atoms with Gasteiger partial charge in [-0.25, -0.2) is 9.37 Å². The van der Waals surface area contributed by atoms with E-state index in [1.54, 1.807) is 24.1 Å². The highest BCUT2D eigenvalue weighted by molar-refractivity contribution is 5.94. The topological polar surface area (TPSA) is 50.1 Å². The van der Waals surface area contributed by atoms with Crippen LogP contribution in [0.1, 0.15) is 21.6 Å². The maximum Gasteiger partial charge on any atom is 0.416 e. The second kappa shape index (κ2) is 11.5. The molecular weight excluding hydrogens is 560 g/mol. The molecular formula is C33H28F4N4O2. The van der Waals surface area contributed by atoms with Crippen molar-refractivity contribution < 1.29 is 27.1 Å². The van der Waals surface area contributed by atoms with Crippen molar-refractivity contribution in [2.24, 2.45) is 0 Å². The Bertz CT molecular complexity index is 1770. The molecule has 0 radical (unpaired) electrons. The minimum absolute atomic E-state index is 0.141. The lowest BCUT2D eigenvalue weighted by molar-refractivity contribution is -0.137. The SMILES string of the molecule is COc1cccc(-c2nc3ccc(-c4cccc(C(F)(F)F)c4)cn3c2CN2CCN(C(=O)c3ccc(F)cc3)CC2)c1. The first-order valence-electron chi connectivity index (χ1n) is 13.8. The van der Waals surface area contributed by atoms with Gasteiger partial charge in [-0.3, -0.25) is 9.69 Å². The third-order valence-electron chi connectivity index (χ3n) is 7.71. The van der Waals surface area contributed by atoms with E-state index in [2.05, 4.69) is 4.90 Å². The number of hydrogen-bond acceptors (Lipinski definition) is 4. The Balaban J connectivity index is 1.32. The number of rotatable bonds is 6. The normalized spacial score (nSPS) is 14.3. The van der Waals surface area contributed by atoms with Crippen LogP contribution < -0.4 is 4.74 Å². The largest absolute Gasteiger partial charge is 0.497 e. The number of pyridine rings is 1. The van der Waals surface area contributed by atoms with Crippen LogP contribution >= 0.6 is 0 Å². The molecule has 5 aromatic rings. The first kappa shape index (κ1) is 28.4. The van der Waals surface area contributed by atoms with Crippen LogP contribution in [0.15, 0.2) is 91.1 Å². The van der Waals surface area contributed by atoms with E-state index >= 15 is 0 Å². The average molecular weight is 589 g/mol. The molecule has 1 amide bonds. The van der Waals surface area contributed by atoms with Crippen molar-refractivity contribution in [3.63, 3.8) is 0 Å². The number of halogens is 4. The number of imidazole rings is 1. The number of amides is 1. The van der Waals surface area contributed by atoms with Gasteiger partial charge in [0.25, 0.3) is 5.91 Å². The quantitative estimate of drug-likeness (QED) is 0.205. The van der Waals surface area contributed by atoms with E-state index in [0.29, 0.717) is 60.8 Å². The van der Waals surface area contributed by atoms with Gasteiger partial charge in [-0.15, -0.1) is 0 Å². The maximum atomic E-state index is 13.4. The minimum atomic E-state index is -4.44. The van der Waals surface area contributed by atoms with Gasteiger partial charge in [-0.2, -0.15) is 13.2 Å². The number of aromatic nitrogens is 2. The fourth-order valence-electron chi connectivity index (χ4n) is 5.39.